The lowest BCUT2D eigenvalue weighted by Crippen LogP contribution is -2.53. The molecule has 1 saturated carbocycles. The van der Waals surface area contributed by atoms with Crippen LogP contribution in [0.3, 0.4) is 0 Å². The third-order valence-electron chi connectivity index (χ3n) is 6.67. The van der Waals surface area contributed by atoms with Gasteiger partial charge >= 0.3 is 5.97 Å². The van der Waals surface area contributed by atoms with Crippen LogP contribution in [-0.2, 0) is 16.1 Å². The zero-order valence-corrected chi connectivity index (χ0v) is 20.3. The highest BCUT2D eigenvalue weighted by atomic mass is 79.9. The van der Waals surface area contributed by atoms with Gasteiger partial charge in [-0.1, -0.05) is 72.3 Å². The molecule has 1 fully saturated rings. The van der Waals surface area contributed by atoms with Crippen LogP contribution in [0.25, 0.3) is 0 Å². The topological polar surface area (TPSA) is 78.9 Å². The lowest BCUT2D eigenvalue weighted by molar-refractivity contribution is -0.140. The van der Waals surface area contributed by atoms with Crippen molar-refractivity contribution in [2.75, 3.05) is 11.5 Å². The average molecular weight is 515 g/mol. The molecule has 2 N–H and O–H groups in total. The molecule has 2 atom stereocenters. The highest BCUT2D eigenvalue weighted by Gasteiger charge is 2.34. The van der Waals surface area contributed by atoms with Gasteiger partial charge in [0.05, 0.1) is 12.2 Å². The molecule has 4 rings (SSSR count). The van der Waals surface area contributed by atoms with Gasteiger partial charge in [-0.3, -0.25) is 14.9 Å². The van der Waals surface area contributed by atoms with E-state index in [2.05, 4.69) is 21.2 Å². The molecule has 7 heteroatoms. The van der Waals surface area contributed by atoms with Crippen LogP contribution in [0.5, 0.6) is 5.75 Å². The van der Waals surface area contributed by atoms with Crippen molar-refractivity contribution in [3.8, 4) is 5.75 Å². The third kappa shape index (κ3) is 6.15. The number of carbonyl (C=O) groups excluding carboxylic acids is 1. The van der Waals surface area contributed by atoms with Crippen LogP contribution in [0.15, 0.2) is 53.0 Å². The minimum atomic E-state index is -0.917. The predicted octanol–water partition coefficient (Wildman–Crippen LogP) is 5.15. The number of rotatable bonds is 8. The highest BCUT2D eigenvalue weighted by Crippen LogP contribution is 2.33. The Hall–Kier alpha value is -2.38. The first-order valence-electron chi connectivity index (χ1n) is 11.8. The number of fused-ring (bicyclic) bond motifs is 1. The molecule has 0 unspecified atom stereocenters. The van der Waals surface area contributed by atoms with Crippen LogP contribution in [-0.4, -0.2) is 35.7 Å². The van der Waals surface area contributed by atoms with E-state index < -0.39 is 18.1 Å². The van der Waals surface area contributed by atoms with E-state index in [1.165, 1.54) is 32.1 Å². The van der Waals surface area contributed by atoms with Crippen LogP contribution in [0.4, 0.5) is 5.69 Å². The molecule has 1 aliphatic heterocycles. The van der Waals surface area contributed by atoms with Crippen molar-refractivity contribution in [3.05, 3.63) is 58.6 Å². The monoisotopic (exact) mass is 514 g/mol. The number of aliphatic carboxylic acids is 1. The van der Waals surface area contributed by atoms with Crippen LogP contribution in [0, 0.1) is 5.92 Å². The summed E-state index contributed by atoms with van der Waals surface area (Å²) in [4.78, 5) is 27.4. The summed E-state index contributed by atoms with van der Waals surface area (Å²) >= 11 is 3.45. The number of ether oxygens (including phenoxy) is 1. The quantitative estimate of drug-likeness (QED) is 0.509. The molecule has 33 heavy (non-hydrogen) atoms. The molecule has 2 aromatic rings. The van der Waals surface area contributed by atoms with Crippen LogP contribution in [0.1, 0.15) is 50.5 Å². The number of hydrogen-bond acceptors (Lipinski definition) is 4. The SMILES string of the molecule is O=C(O)[C@H](CCC1CCCCC1)N[C@H]1COc2ccccc2N(Cc2ccc(Br)cc2)C1=O. The first-order chi connectivity index (χ1) is 16.0. The van der Waals surface area contributed by atoms with Gasteiger partial charge in [0.25, 0.3) is 0 Å². The van der Waals surface area contributed by atoms with E-state index in [4.69, 9.17) is 4.74 Å². The standard InChI is InChI=1S/C26H31BrN2O4/c27-20-13-10-19(11-14-20)16-29-23-8-4-5-9-24(23)33-17-22(25(29)30)28-21(26(31)32)15-12-18-6-2-1-3-7-18/h4-5,8-11,13-14,18,21-22,28H,1-3,6-7,12,15-17H2,(H,31,32)/t21-,22-/m0/s1. The minimum absolute atomic E-state index is 0.0971. The maximum absolute atomic E-state index is 13.6. The lowest BCUT2D eigenvalue weighted by Gasteiger charge is -2.28. The van der Waals surface area contributed by atoms with E-state index >= 15 is 0 Å². The number of halogens is 1. The van der Waals surface area contributed by atoms with Crippen molar-refractivity contribution in [2.24, 2.45) is 5.92 Å². The fourth-order valence-electron chi connectivity index (χ4n) is 4.81. The molecule has 176 valence electrons. The summed E-state index contributed by atoms with van der Waals surface area (Å²) in [5.41, 5.74) is 1.68. The Morgan fingerprint density at radius 3 is 2.58 bits per heavy atom. The summed E-state index contributed by atoms with van der Waals surface area (Å²) in [6.07, 6.45) is 7.47. The number of benzene rings is 2. The second-order valence-electron chi connectivity index (χ2n) is 9.02. The summed E-state index contributed by atoms with van der Waals surface area (Å²) in [6, 6.07) is 13.8. The predicted molar refractivity (Wildman–Crippen MR) is 131 cm³/mol. The number of nitrogens with zero attached hydrogens (tertiary/aromatic N) is 1. The molecule has 1 amide bonds. The molecular weight excluding hydrogens is 484 g/mol. The van der Waals surface area contributed by atoms with Crippen LogP contribution >= 0.6 is 15.9 Å². The van der Waals surface area contributed by atoms with Crippen LogP contribution < -0.4 is 15.0 Å². The fourth-order valence-corrected chi connectivity index (χ4v) is 5.07. The number of nitrogens with one attached hydrogen (secondary N) is 1. The van der Waals surface area contributed by atoms with E-state index in [1.54, 1.807) is 4.90 Å². The van der Waals surface area contributed by atoms with Gasteiger partial charge in [-0.15, -0.1) is 0 Å². The normalized spacial score (nSPS) is 20.0. The Balaban J connectivity index is 1.51. The summed E-state index contributed by atoms with van der Waals surface area (Å²) in [7, 11) is 0. The van der Waals surface area contributed by atoms with Gasteiger partial charge in [-0.25, -0.2) is 0 Å². The van der Waals surface area contributed by atoms with Crippen LogP contribution in [0.2, 0.25) is 0 Å². The molecule has 0 aromatic heterocycles. The number of carboxylic acid groups (broad SMARTS) is 1. The lowest BCUT2D eigenvalue weighted by atomic mass is 9.85. The maximum atomic E-state index is 13.6. The van der Waals surface area contributed by atoms with E-state index in [-0.39, 0.29) is 12.5 Å². The van der Waals surface area contributed by atoms with Crippen molar-refractivity contribution in [1.82, 2.24) is 5.32 Å². The zero-order valence-electron chi connectivity index (χ0n) is 18.7. The Labute approximate surface area is 203 Å². The van der Waals surface area contributed by atoms with Crippen molar-refractivity contribution in [1.29, 1.82) is 0 Å². The van der Waals surface area contributed by atoms with E-state index in [0.717, 1.165) is 16.5 Å². The molecule has 0 spiro atoms. The highest BCUT2D eigenvalue weighted by molar-refractivity contribution is 9.10. The smallest absolute Gasteiger partial charge is 0.320 e. The van der Waals surface area contributed by atoms with E-state index in [9.17, 15) is 14.7 Å². The van der Waals surface area contributed by atoms with Crippen molar-refractivity contribution >= 4 is 33.5 Å². The molecule has 0 radical (unpaired) electrons. The molecular formula is C26H31BrN2O4. The second-order valence-corrected chi connectivity index (χ2v) is 9.94. The molecule has 2 aromatic carbocycles. The zero-order chi connectivity index (χ0) is 23.2. The largest absolute Gasteiger partial charge is 0.489 e. The Bertz CT molecular complexity index is 959. The van der Waals surface area contributed by atoms with E-state index in [1.807, 2.05) is 48.5 Å². The number of anilines is 1. The van der Waals surface area contributed by atoms with Gasteiger partial charge in [0, 0.05) is 4.47 Å². The number of carbonyl (C=O) groups is 2. The molecule has 1 heterocycles. The summed E-state index contributed by atoms with van der Waals surface area (Å²) in [6.45, 7) is 0.477. The van der Waals surface area contributed by atoms with Gasteiger partial charge < -0.3 is 14.7 Å². The number of carboxylic acids is 1. The van der Waals surface area contributed by atoms with Crippen molar-refractivity contribution in [3.63, 3.8) is 0 Å². The van der Waals surface area contributed by atoms with Crippen molar-refractivity contribution < 1.29 is 19.4 Å². The molecule has 0 bridgehead atoms. The van der Waals surface area contributed by atoms with Gasteiger partial charge in [0.15, 0.2) is 0 Å². The average Bonchev–Trinajstić information content (AvgIpc) is 2.95. The van der Waals surface area contributed by atoms with Gasteiger partial charge in [0.1, 0.15) is 24.4 Å². The molecule has 1 aliphatic carbocycles. The summed E-state index contributed by atoms with van der Waals surface area (Å²) in [5, 5.41) is 13.0. The number of hydrogen-bond donors (Lipinski definition) is 2. The first kappa shape index (κ1) is 23.8. The third-order valence-corrected chi connectivity index (χ3v) is 7.20. The molecule has 6 nitrogen and oxygen atoms in total. The number of amides is 1. The second kappa shape index (κ2) is 11.2. The fraction of sp³-hybridized carbons (Fsp3) is 0.462. The number of para-hydroxylation sites is 2. The van der Waals surface area contributed by atoms with E-state index in [0.29, 0.717) is 30.3 Å². The Morgan fingerprint density at radius 2 is 1.85 bits per heavy atom. The summed E-state index contributed by atoms with van der Waals surface area (Å²) < 4.78 is 6.94. The summed E-state index contributed by atoms with van der Waals surface area (Å²) in [5.74, 6) is 0.120. The molecule has 0 saturated heterocycles. The first-order valence-corrected chi connectivity index (χ1v) is 12.6. The van der Waals surface area contributed by atoms with Crippen molar-refractivity contribution in [2.45, 2.75) is 63.6 Å². The Kier molecular flexibility index (Phi) is 8.04. The van der Waals surface area contributed by atoms with Gasteiger partial charge in [0.2, 0.25) is 5.91 Å². The molecule has 2 aliphatic rings. The van der Waals surface area contributed by atoms with Gasteiger partial charge in [-0.2, -0.15) is 0 Å². The van der Waals surface area contributed by atoms with Gasteiger partial charge in [-0.05, 0) is 48.6 Å². The Morgan fingerprint density at radius 1 is 1.12 bits per heavy atom. The maximum Gasteiger partial charge on any atom is 0.320 e. The minimum Gasteiger partial charge on any atom is -0.489 e.